The Balaban J connectivity index is 1.66. The molecule has 7 nitrogen and oxygen atoms in total. The van der Waals surface area contributed by atoms with E-state index in [1.807, 2.05) is 18.2 Å². The largest absolute Gasteiger partial charge is 0.495 e. The predicted molar refractivity (Wildman–Crippen MR) is 107 cm³/mol. The molecule has 4 rings (SSSR count). The van der Waals surface area contributed by atoms with Gasteiger partial charge in [0.2, 0.25) is 11.8 Å². The van der Waals surface area contributed by atoms with Crippen LogP contribution in [0.15, 0.2) is 54.7 Å². The molecule has 142 valence electrons. The van der Waals surface area contributed by atoms with Crippen LogP contribution in [0.25, 0.3) is 11.1 Å². The van der Waals surface area contributed by atoms with Gasteiger partial charge in [0.25, 0.3) is 0 Å². The number of carbonyl (C=O) groups is 2. The molecule has 8 heteroatoms. The zero-order valence-corrected chi connectivity index (χ0v) is 15.7. The molecule has 0 saturated carbocycles. The molecule has 0 bridgehead atoms. The van der Waals surface area contributed by atoms with Crippen molar-refractivity contribution in [3.05, 3.63) is 59.8 Å². The third kappa shape index (κ3) is 3.32. The number of amides is 2. The summed E-state index contributed by atoms with van der Waals surface area (Å²) >= 11 is 5.95. The molecule has 0 saturated heterocycles. The van der Waals surface area contributed by atoms with Gasteiger partial charge in [-0.25, -0.2) is 4.68 Å². The van der Waals surface area contributed by atoms with Gasteiger partial charge in [0.05, 0.1) is 25.4 Å². The summed E-state index contributed by atoms with van der Waals surface area (Å²) in [7, 11) is 1.53. The monoisotopic (exact) mass is 396 g/mol. The first kappa shape index (κ1) is 18.1. The first-order valence-electron chi connectivity index (χ1n) is 8.64. The van der Waals surface area contributed by atoms with Crippen molar-refractivity contribution < 1.29 is 14.3 Å². The highest BCUT2D eigenvalue weighted by atomic mass is 35.5. The van der Waals surface area contributed by atoms with E-state index in [9.17, 15) is 9.59 Å². The SMILES string of the molecule is COc1ccccc1NC(=O)[C@H]1CC(=O)Nc2c(-c3ccc(Cl)cc3)cnn21. The Morgan fingerprint density at radius 2 is 2.00 bits per heavy atom. The summed E-state index contributed by atoms with van der Waals surface area (Å²) in [6.07, 6.45) is 1.63. The lowest BCUT2D eigenvalue weighted by atomic mass is 10.1. The van der Waals surface area contributed by atoms with Gasteiger partial charge in [-0.05, 0) is 29.8 Å². The number of carbonyl (C=O) groups excluding carboxylic acids is 2. The number of fused-ring (bicyclic) bond motifs is 1. The van der Waals surface area contributed by atoms with Gasteiger partial charge in [-0.3, -0.25) is 9.59 Å². The van der Waals surface area contributed by atoms with Gasteiger partial charge in [-0.15, -0.1) is 0 Å². The number of aromatic nitrogens is 2. The molecule has 28 heavy (non-hydrogen) atoms. The van der Waals surface area contributed by atoms with E-state index >= 15 is 0 Å². The molecule has 2 heterocycles. The minimum atomic E-state index is -0.769. The van der Waals surface area contributed by atoms with Crippen molar-refractivity contribution in [3.63, 3.8) is 0 Å². The highest BCUT2D eigenvalue weighted by Crippen LogP contribution is 2.35. The summed E-state index contributed by atoms with van der Waals surface area (Å²) in [6, 6.07) is 13.5. The average molecular weight is 397 g/mol. The number of para-hydroxylation sites is 2. The zero-order chi connectivity index (χ0) is 19.7. The van der Waals surface area contributed by atoms with E-state index in [2.05, 4.69) is 15.7 Å². The van der Waals surface area contributed by atoms with Crippen molar-refractivity contribution >= 4 is 34.9 Å². The number of halogens is 1. The number of hydrogen-bond donors (Lipinski definition) is 2. The molecule has 3 aromatic rings. The van der Waals surface area contributed by atoms with E-state index in [-0.39, 0.29) is 18.2 Å². The quantitative estimate of drug-likeness (QED) is 0.703. The van der Waals surface area contributed by atoms with E-state index in [0.29, 0.717) is 22.3 Å². The summed E-state index contributed by atoms with van der Waals surface area (Å²) in [5, 5.41) is 10.6. The molecule has 2 amide bonds. The maximum atomic E-state index is 12.9. The molecule has 0 fully saturated rings. The summed E-state index contributed by atoms with van der Waals surface area (Å²) < 4.78 is 6.81. The molecule has 1 atom stereocenters. The number of benzene rings is 2. The standard InChI is InChI=1S/C20H17ClN4O3/c1-28-17-5-3-2-4-15(17)23-20(27)16-10-18(26)24-19-14(11-22-25(16)19)12-6-8-13(21)9-7-12/h2-9,11,16H,10H2,1H3,(H,23,27)(H,24,26)/t16-/m1/s1. The highest BCUT2D eigenvalue weighted by molar-refractivity contribution is 6.30. The Labute approximate surface area is 166 Å². The van der Waals surface area contributed by atoms with E-state index in [1.165, 1.54) is 11.8 Å². The van der Waals surface area contributed by atoms with Crippen molar-refractivity contribution in [3.8, 4) is 16.9 Å². The maximum Gasteiger partial charge on any atom is 0.249 e. The Kier molecular flexibility index (Phi) is 4.75. The van der Waals surface area contributed by atoms with Crippen LogP contribution >= 0.6 is 11.6 Å². The van der Waals surface area contributed by atoms with Crippen LogP contribution in [0.2, 0.25) is 5.02 Å². The molecule has 2 aromatic carbocycles. The highest BCUT2D eigenvalue weighted by Gasteiger charge is 2.33. The fourth-order valence-corrected chi connectivity index (χ4v) is 3.30. The summed E-state index contributed by atoms with van der Waals surface area (Å²) in [4.78, 5) is 25.2. The number of hydrogen-bond acceptors (Lipinski definition) is 4. The summed E-state index contributed by atoms with van der Waals surface area (Å²) in [6.45, 7) is 0. The van der Waals surface area contributed by atoms with Gasteiger partial charge in [0.1, 0.15) is 17.6 Å². The van der Waals surface area contributed by atoms with Gasteiger partial charge < -0.3 is 15.4 Å². The molecule has 0 aliphatic carbocycles. The molecule has 2 N–H and O–H groups in total. The molecule has 0 spiro atoms. The Bertz CT molecular complexity index is 1050. The van der Waals surface area contributed by atoms with Gasteiger partial charge in [0.15, 0.2) is 0 Å². The third-order valence-electron chi connectivity index (χ3n) is 4.55. The smallest absolute Gasteiger partial charge is 0.249 e. The topological polar surface area (TPSA) is 85.2 Å². The number of nitrogens with one attached hydrogen (secondary N) is 2. The van der Waals surface area contributed by atoms with E-state index < -0.39 is 6.04 Å². The summed E-state index contributed by atoms with van der Waals surface area (Å²) in [5.41, 5.74) is 2.10. The first-order valence-corrected chi connectivity index (χ1v) is 9.02. The fourth-order valence-electron chi connectivity index (χ4n) is 3.18. The molecular weight excluding hydrogens is 380 g/mol. The first-order chi connectivity index (χ1) is 13.6. The second-order valence-corrected chi connectivity index (χ2v) is 6.75. The second kappa shape index (κ2) is 7.36. The summed E-state index contributed by atoms with van der Waals surface area (Å²) in [5.74, 6) is 0.437. The molecule has 0 unspecified atom stereocenters. The number of nitrogens with zero attached hydrogens (tertiary/aromatic N) is 2. The fraction of sp³-hybridized carbons (Fsp3) is 0.150. The number of anilines is 2. The van der Waals surface area contributed by atoms with E-state index in [0.717, 1.165) is 11.1 Å². The van der Waals surface area contributed by atoms with Crippen LogP contribution in [0, 0.1) is 0 Å². The molecule has 1 aromatic heterocycles. The van der Waals surface area contributed by atoms with Gasteiger partial charge >= 0.3 is 0 Å². The number of ether oxygens (including phenoxy) is 1. The lowest BCUT2D eigenvalue weighted by Crippen LogP contribution is -2.35. The normalized spacial score (nSPS) is 15.5. The molecular formula is C20H17ClN4O3. The Morgan fingerprint density at radius 3 is 2.75 bits per heavy atom. The van der Waals surface area contributed by atoms with Crippen LogP contribution in [0.1, 0.15) is 12.5 Å². The van der Waals surface area contributed by atoms with Crippen LogP contribution < -0.4 is 15.4 Å². The zero-order valence-electron chi connectivity index (χ0n) is 15.0. The minimum absolute atomic E-state index is 0.00425. The molecule has 1 aliphatic rings. The van der Waals surface area contributed by atoms with Crippen LogP contribution in [-0.2, 0) is 9.59 Å². The third-order valence-corrected chi connectivity index (χ3v) is 4.80. The molecule has 0 radical (unpaired) electrons. The Morgan fingerprint density at radius 1 is 1.25 bits per heavy atom. The van der Waals surface area contributed by atoms with Gasteiger partial charge in [-0.2, -0.15) is 5.10 Å². The van der Waals surface area contributed by atoms with Crippen LogP contribution in [0.4, 0.5) is 11.5 Å². The van der Waals surface area contributed by atoms with Crippen LogP contribution in [-0.4, -0.2) is 28.7 Å². The van der Waals surface area contributed by atoms with Crippen molar-refractivity contribution in [1.29, 1.82) is 0 Å². The van der Waals surface area contributed by atoms with Crippen molar-refractivity contribution in [2.75, 3.05) is 17.7 Å². The van der Waals surface area contributed by atoms with Crippen LogP contribution in [0.5, 0.6) is 5.75 Å². The Hall–Kier alpha value is -3.32. The average Bonchev–Trinajstić information content (AvgIpc) is 3.12. The van der Waals surface area contributed by atoms with Crippen molar-refractivity contribution in [2.45, 2.75) is 12.5 Å². The molecule has 1 aliphatic heterocycles. The second-order valence-electron chi connectivity index (χ2n) is 6.32. The van der Waals surface area contributed by atoms with Gasteiger partial charge in [-0.1, -0.05) is 35.9 Å². The van der Waals surface area contributed by atoms with Crippen LogP contribution in [0.3, 0.4) is 0 Å². The lowest BCUT2D eigenvalue weighted by Gasteiger charge is -2.25. The van der Waals surface area contributed by atoms with E-state index in [1.54, 1.807) is 36.5 Å². The van der Waals surface area contributed by atoms with Crippen molar-refractivity contribution in [2.24, 2.45) is 0 Å². The van der Waals surface area contributed by atoms with Gasteiger partial charge in [0, 0.05) is 10.6 Å². The van der Waals surface area contributed by atoms with E-state index in [4.69, 9.17) is 16.3 Å². The van der Waals surface area contributed by atoms with Crippen molar-refractivity contribution in [1.82, 2.24) is 9.78 Å². The lowest BCUT2D eigenvalue weighted by molar-refractivity contribution is -0.125. The predicted octanol–water partition coefficient (Wildman–Crippen LogP) is 3.73. The minimum Gasteiger partial charge on any atom is -0.495 e. The number of methoxy groups -OCH3 is 1. The number of rotatable bonds is 4. The maximum absolute atomic E-state index is 12.9.